The molecular weight excluding hydrogens is 240 g/mol. The third kappa shape index (κ3) is 2.66. The standard InChI is InChI=1S/C14H24N4O/c1-4-18-10(3)13(9(2)17-18)16-14(19)12-7-5-6-11(12)8-15/h11-12H,4-8,15H2,1-3H3,(H,16,19)/t11-,12-/m1/s1. The van der Waals surface area contributed by atoms with Crippen molar-refractivity contribution in [1.82, 2.24) is 9.78 Å². The lowest BCUT2D eigenvalue weighted by atomic mass is 9.95. The van der Waals surface area contributed by atoms with Gasteiger partial charge in [0.15, 0.2) is 0 Å². The summed E-state index contributed by atoms with van der Waals surface area (Å²) in [5.41, 5.74) is 8.52. The van der Waals surface area contributed by atoms with Crippen molar-refractivity contribution in [2.45, 2.75) is 46.6 Å². The minimum absolute atomic E-state index is 0.0637. The Morgan fingerprint density at radius 3 is 2.79 bits per heavy atom. The van der Waals surface area contributed by atoms with Crippen LogP contribution in [0.25, 0.3) is 0 Å². The molecule has 5 heteroatoms. The zero-order chi connectivity index (χ0) is 14.0. The van der Waals surface area contributed by atoms with Gasteiger partial charge in [0.05, 0.1) is 17.1 Å². The van der Waals surface area contributed by atoms with Crippen LogP contribution in [0.2, 0.25) is 0 Å². The van der Waals surface area contributed by atoms with Gasteiger partial charge >= 0.3 is 0 Å². The fourth-order valence-corrected chi connectivity index (χ4v) is 3.07. The van der Waals surface area contributed by atoms with Gasteiger partial charge < -0.3 is 11.1 Å². The van der Waals surface area contributed by atoms with Crippen LogP contribution in [0.5, 0.6) is 0 Å². The number of carbonyl (C=O) groups is 1. The van der Waals surface area contributed by atoms with Crippen molar-refractivity contribution in [3.05, 3.63) is 11.4 Å². The van der Waals surface area contributed by atoms with Gasteiger partial charge in [-0.1, -0.05) is 6.42 Å². The molecule has 0 saturated heterocycles. The first-order chi connectivity index (χ1) is 9.08. The van der Waals surface area contributed by atoms with E-state index in [2.05, 4.69) is 10.4 Å². The number of amides is 1. The molecule has 0 radical (unpaired) electrons. The summed E-state index contributed by atoms with van der Waals surface area (Å²) in [5, 5.41) is 7.49. The summed E-state index contributed by atoms with van der Waals surface area (Å²) in [7, 11) is 0. The van der Waals surface area contributed by atoms with Gasteiger partial charge in [0.25, 0.3) is 0 Å². The lowest BCUT2D eigenvalue weighted by Gasteiger charge is -2.17. The number of aryl methyl sites for hydroxylation is 2. The van der Waals surface area contributed by atoms with E-state index in [0.29, 0.717) is 12.5 Å². The zero-order valence-corrected chi connectivity index (χ0v) is 12.1. The van der Waals surface area contributed by atoms with Crippen molar-refractivity contribution in [3.8, 4) is 0 Å². The molecule has 0 bridgehead atoms. The molecule has 0 aliphatic heterocycles. The summed E-state index contributed by atoms with van der Waals surface area (Å²) < 4.78 is 1.92. The SMILES string of the molecule is CCn1nc(C)c(NC(=O)[C@@H]2CCC[C@@H]2CN)c1C. The molecule has 1 aromatic heterocycles. The van der Waals surface area contributed by atoms with Crippen LogP contribution < -0.4 is 11.1 Å². The Balaban J connectivity index is 2.13. The van der Waals surface area contributed by atoms with Crippen LogP contribution in [-0.4, -0.2) is 22.2 Å². The first kappa shape index (κ1) is 14.1. The summed E-state index contributed by atoms with van der Waals surface area (Å²) in [4.78, 5) is 12.4. The van der Waals surface area contributed by atoms with E-state index in [0.717, 1.165) is 42.9 Å². The summed E-state index contributed by atoms with van der Waals surface area (Å²) in [6.45, 7) is 7.39. The Morgan fingerprint density at radius 1 is 1.47 bits per heavy atom. The van der Waals surface area contributed by atoms with Crippen LogP contribution in [0.15, 0.2) is 0 Å². The second kappa shape index (κ2) is 5.74. The Kier molecular flexibility index (Phi) is 4.24. The van der Waals surface area contributed by atoms with Gasteiger partial charge in [0, 0.05) is 12.5 Å². The third-order valence-electron chi connectivity index (χ3n) is 4.23. The number of hydrogen-bond acceptors (Lipinski definition) is 3. The number of rotatable bonds is 4. The second-order valence-corrected chi connectivity index (χ2v) is 5.38. The Morgan fingerprint density at radius 2 is 2.21 bits per heavy atom. The van der Waals surface area contributed by atoms with Crippen LogP contribution in [0.3, 0.4) is 0 Å². The molecule has 1 aliphatic rings. The van der Waals surface area contributed by atoms with Gasteiger partial charge in [0.2, 0.25) is 5.91 Å². The van der Waals surface area contributed by atoms with Crippen molar-refractivity contribution in [3.63, 3.8) is 0 Å². The number of anilines is 1. The van der Waals surface area contributed by atoms with E-state index in [-0.39, 0.29) is 11.8 Å². The number of nitrogens with zero attached hydrogens (tertiary/aromatic N) is 2. The molecule has 5 nitrogen and oxygen atoms in total. The van der Waals surface area contributed by atoms with E-state index in [4.69, 9.17) is 5.73 Å². The van der Waals surface area contributed by atoms with Crippen LogP contribution in [0.1, 0.15) is 37.6 Å². The molecule has 1 aromatic rings. The molecule has 106 valence electrons. The highest BCUT2D eigenvalue weighted by Gasteiger charge is 2.32. The van der Waals surface area contributed by atoms with E-state index >= 15 is 0 Å². The first-order valence-electron chi connectivity index (χ1n) is 7.13. The molecule has 2 atom stereocenters. The maximum absolute atomic E-state index is 12.4. The number of aromatic nitrogens is 2. The lowest BCUT2D eigenvalue weighted by molar-refractivity contribution is -0.120. The van der Waals surface area contributed by atoms with Gasteiger partial charge in [-0.05, 0) is 46.1 Å². The molecule has 0 unspecified atom stereocenters. The van der Waals surface area contributed by atoms with E-state index in [1.807, 2.05) is 25.5 Å². The maximum Gasteiger partial charge on any atom is 0.227 e. The zero-order valence-electron chi connectivity index (χ0n) is 12.1. The molecular formula is C14H24N4O. The van der Waals surface area contributed by atoms with Crippen molar-refractivity contribution < 1.29 is 4.79 Å². The molecule has 0 aromatic carbocycles. The van der Waals surface area contributed by atoms with Crippen LogP contribution in [0.4, 0.5) is 5.69 Å². The van der Waals surface area contributed by atoms with Gasteiger partial charge in [0.1, 0.15) is 0 Å². The third-order valence-corrected chi connectivity index (χ3v) is 4.23. The monoisotopic (exact) mass is 264 g/mol. The van der Waals surface area contributed by atoms with Crippen LogP contribution in [0, 0.1) is 25.7 Å². The number of nitrogens with two attached hydrogens (primary N) is 1. The van der Waals surface area contributed by atoms with E-state index in [1.165, 1.54) is 0 Å². The summed E-state index contributed by atoms with van der Waals surface area (Å²) in [5.74, 6) is 0.505. The average molecular weight is 264 g/mol. The number of carbonyl (C=O) groups excluding carboxylic acids is 1. The number of nitrogens with one attached hydrogen (secondary N) is 1. The van der Waals surface area contributed by atoms with Crippen LogP contribution >= 0.6 is 0 Å². The second-order valence-electron chi connectivity index (χ2n) is 5.38. The van der Waals surface area contributed by atoms with Gasteiger partial charge in [-0.3, -0.25) is 9.48 Å². The molecule has 2 rings (SSSR count). The highest BCUT2D eigenvalue weighted by atomic mass is 16.1. The molecule has 0 spiro atoms. The average Bonchev–Trinajstić information content (AvgIpc) is 2.97. The van der Waals surface area contributed by atoms with Crippen molar-refractivity contribution in [2.24, 2.45) is 17.6 Å². The normalized spacial score (nSPS) is 22.7. The molecule has 3 N–H and O–H groups in total. The van der Waals surface area contributed by atoms with Gasteiger partial charge in [-0.15, -0.1) is 0 Å². The van der Waals surface area contributed by atoms with Crippen molar-refractivity contribution >= 4 is 11.6 Å². The topological polar surface area (TPSA) is 72.9 Å². The minimum atomic E-state index is 0.0637. The van der Waals surface area contributed by atoms with Gasteiger partial charge in [-0.25, -0.2) is 0 Å². The van der Waals surface area contributed by atoms with Crippen molar-refractivity contribution in [2.75, 3.05) is 11.9 Å². The number of hydrogen-bond donors (Lipinski definition) is 2. The molecule has 1 aliphatic carbocycles. The molecule has 1 saturated carbocycles. The predicted octanol–water partition coefficient (Wildman–Crippen LogP) is 1.83. The smallest absolute Gasteiger partial charge is 0.227 e. The first-order valence-corrected chi connectivity index (χ1v) is 7.13. The summed E-state index contributed by atoms with van der Waals surface area (Å²) in [6, 6.07) is 0. The Hall–Kier alpha value is -1.36. The quantitative estimate of drug-likeness (QED) is 0.871. The Bertz CT molecular complexity index is 466. The highest BCUT2D eigenvalue weighted by Crippen LogP contribution is 2.32. The predicted molar refractivity (Wildman–Crippen MR) is 75.9 cm³/mol. The van der Waals surface area contributed by atoms with E-state index < -0.39 is 0 Å². The van der Waals surface area contributed by atoms with E-state index in [9.17, 15) is 4.79 Å². The summed E-state index contributed by atoms with van der Waals surface area (Å²) >= 11 is 0. The summed E-state index contributed by atoms with van der Waals surface area (Å²) in [6.07, 6.45) is 3.13. The fourth-order valence-electron chi connectivity index (χ4n) is 3.07. The molecule has 19 heavy (non-hydrogen) atoms. The highest BCUT2D eigenvalue weighted by molar-refractivity contribution is 5.94. The minimum Gasteiger partial charge on any atom is -0.330 e. The molecule has 1 fully saturated rings. The molecule has 1 amide bonds. The van der Waals surface area contributed by atoms with Gasteiger partial charge in [-0.2, -0.15) is 5.10 Å². The van der Waals surface area contributed by atoms with Crippen molar-refractivity contribution in [1.29, 1.82) is 0 Å². The maximum atomic E-state index is 12.4. The van der Waals surface area contributed by atoms with Crippen LogP contribution in [-0.2, 0) is 11.3 Å². The Labute approximate surface area is 114 Å². The van der Waals surface area contributed by atoms with E-state index in [1.54, 1.807) is 0 Å². The largest absolute Gasteiger partial charge is 0.330 e. The molecule has 1 heterocycles. The fraction of sp³-hybridized carbons (Fsp3) is 0.714. The lowest BCUT2D eigenvalue weighted by Crippen LogP contribution is -2.30.